The summed E-state index contributed by atoms with van der Waals surface area (Å²) in [5.74, 6) is 0.242. The number of carbonyl (C=O) groups is 2. The van der Waals surface area contributed by atoms with Gasteiger partial charge in [0.2, 0.25) is 5.82 Å². The number of hydrogen-bond acceptors (Lipinski definition) is 5. The quantitative estimate of drug-likeness (QED) is 0.749. The number of imidazole rings is 1. The highest BCUT2D eigenvalue weighted by atomic mass is 16.5. The van der Waals surface area contributed by atoms with Crippen molar-refractivity contribution in [3.05, 3.63) is 60.2 Å². The van der Waals surface area contributed by atoms with E-state index in [9.17, 15) is 9.59 Å². The van der Waals surface area contributed by atoms with Crippen molar-refractivity contribution in [3.8, 4) is 5.75 Å². The fraction of sp³-hybridized carbons (Fsp3) is 0.250. The van der Waals surface area contributed by atoms with Gasteiger partial charge in [-0.15, -0.1) is 0 Å². The van der Waals surface area contributed by atoms with Gasteiger partial charge in [0.15, 0.2) is 5.69 Å². The van der Waals surface area contributed by atoms with Crippen molar-refractivity contribution >= 4 is 23.0 Å². The van der Waals surface area contributed by atoms with Gasteiger partial charge in [-0.25, -0.2) is 4.98 Å². The molecule has 2 aromatic heterocycles. The smallest absolute Gasteiger partial charge is 0.290 e. The molecule has 1 aromatic carbocycles. The first-order valence-corrected chi connectivity index (χ1v) is 8.97. The molecule has 28 heavy (non-hydrogen) atoms. The Hall–Kier alpha value is -3.39. The highest BCUT2D eigenvalue weighted by molar-refractivity contribution is 6.09. The second-order valence-electron chi connectivity index (χ2n) is 6.33. The van der Waals surface area contributed by atoms with Crippen LogP contribution in [0.15, 0.2) is 48.7 Å². The Morgan fingerprint density at radius 1 is 1.14 bits per heavy atom. The van der Waals surface area contributed by atoms with Gasteiger partial charge in [-0.05, 0) is 24.3 Å². The number of nitrogens with zero attached hydrogens (tertiary/aromatic N) is 3. The molecule has 1 fully saturated rings. The third-order valence-corrected chi connectivity index (χ3v) is 4.58. The maximum absolute atomic E-state index is 12.9. The van der Waals surface area contributed by atoms with E-state index in [0.29, 0.717) is 43.3 Å². The van der Waals surface area contributed by atoms with Crippen LogP contribution in [0.1, 0.15) is 21.1 Å². The van der Waals surface area contributed by atoms with Crippen LogP contribution in [0.4, 0.5) is 5.69 Å². The van der Waals surface area contributed by atoms with Crippen molar-refractivity contribution in [1.82, 2.24) is 14.3 Å². The minimum absolute atomic E-state index is 0.194. The molecule has 0 unspecified atom stereocenters. The zero-order valence-corrected chi connectivity index (χ0v) is 15.4. The third kappa shape index (κ3) is 3.41. The van der Waals surface area contributed by atoms with Crippen LogP contribution in [-0.4, -0.2) is 59.5 Å². The number of pyridine rings is 1. The van der Waals surface area contributed by atoms with E-state index in [2.05, 4.69) is 10.3 Å². The van der Waals surface area contributed by atoms with Crippen molar-refractivity contribution < 1.29 is 19.1 Å². The molecule has 1 N–H and O–H groups in total. The van der Waals surface area contributed by atoms with Gasteiger partial charge in [0.25, 0.3) is 11.8 Å². The van der Waals surface area contributed by atoms with Crippen LogP contribution in [0.25, 0.3) is 5.52 Å². The van der Waals surface area contributed by atoms with Gasteiger partial charge in [0.1, 0.15) is 5.75 Å². The van der Waals surface area contributed by atoms with Crippen LogP contribution in [0.2, 0.25) is 0 Å². The first-order valence-electron chi connectivity index (χ1n) is 8.97. The predicted octanol–water partition coefficient (Wildman–Crippen LogP) is 2.07. The minimum atomic E-state index is -0.391. The van der Waals surface area contributed by atoms with Gasteiger partial charge in [-0.3, -0.25) is 14.0 Å². The summed E-state index contributed by atoms with van der Waals surface area (Å²) in [6, 6.07) is 12.4. The molecule has 144 valence electrons. The summed E-state index contributed by atoms with van der Waals surface area (Å²) >= 11 is 0. The van der Waals surface area contributed by atoms with E-state index < -0.39 is 5.91 Å². The molecule has 1 aliphatic heterocycles. The van der Waals surface area contributed by atoms with Crippen LogP contribution < -0.4 is 10.1 Å². The number of morpholine rings is 1. The van der Waals surface area contributed by atoms with E-state index in [-0.39, 0.29) is 17.4 Å². The molecule has 8 nitrogen and oxygen atoms in total. The van der Waals surface area contributed by atoms with E-state index >= 15 is 0 Å². The highest BCUT2D eigenvalue weighted by Gasteiger charge is 2.26. The van der Waals surface area contributed by atoms with Crippen LogP contribution >= 0.6 is 0 Å². The van der Waals surface area contributed by atoms with E-state index in [1.54, 1.807) is 59.0 Å². The molecule has 0 spiro atoms. The van der Waals surface area contributed by atoms with Crippen molar-refractivity contribution in [2.45, 2.75) is 0 Å². The molecule has 0 saturated carbocycles. The number of rotatable bonds is 4. The Balaban J connectivity index is 1.67. The Morgan fingerprint density at radius 2 is 1.96 bits per heavy atom. The van der Waals surface area contributed by atoms with Gasteiger partial charge < -0.3 is 19.7 Å². The van der Waals surface area contributed by atoms with E-state index in [1.807, 2.05) is 6.07 Å². The van der Waals surface area contributed by atoms with Crippen molar-refractivity contribution in [2.75, 3.05) is 38.7 Å². The summed E-state index contributed by atoms with van der Waals surface area (Å²) in [5, 5.41) is 2.82. The third-order valence-electron chi connectivity index (χ3n) is 4.58. The Morgan fingerprint density at radius 3 is 2.75 bits per heavy atom. The molecule has 2 amide bonds. The average Bonchev–Trinajstić information content (AvgIpc) is 3.14. The number of fused-ring (bicyclic) bond motifs is 1. The van der Waals surface area contributed by atoms with Crippen molar-refractivity contribution in [2.24, 2.45) is 0 Å². The van der Waals surface area contributed by atoms with Crippen LogP contribution in [-0.2, 0) is 4.74 Å². The van der Waals surface area contributed by atoms with E-state index in [1.165, 1.54) is 0 Å². The number of carbonyl (C=O) groups excluding carboxylic acids is 2. The normalized spacial score (nSPS) is 14.1. The molecule has 1 aliphatic rings. The van der Waals surface area contributed by atoms with Crippen molar-refractivity contribution in [3.63, 3.8) is 0 Å². The molecule has 0 bridgehead atoms. The molecular formula is C20H20N4O4. The lowest BCUT2D eigenvalue weighted by Gasteiger charge is -2.26. The number of methoxy groups -OCH3 is 1. The van der Waals surface area contributed by atoms with Crippen LogP contribution in [0.3, 0.4) is 0 Å². The van der Waals surface area contributed by atoms with Gasteiger partial charge in [-0.1, -0.05) is 12.1 Å². The minimum Gasteiger partial charge on any atom is -0.497 e. The summed E-state index contributed by atoms with van der Waals surface area (Å²) in [6.45, 7) is 2.01. The summed E-state index contributed by atoms with van der Waals surface area (Å²) in [4.78, 5) is 31.9. The molecule has 0 radical (unpaired) electrons. The lowest BCUT2D eigenvalue weighted by atomic mass is 10.2. The number of ether oxygens (including phenoxy) is 2. The molecule has 0 atom stereocenters. The second-order valence-corrected chi connectivity index (χ2v) is 6.33. The maximum atomic E-state index is 12.9. The predicted molar refractivity (Wildman–Crippen MR) is 103 cm³/mol. The van der Waals surface area contributed by atoms with Gasteiger partial charge in [0.05, 0.1) is 25.8 Å². The number of nitrogens with one attached hydrogen (secondary N) is 1. The lowest BCUT2D eigenvalue weighted by molar-refractivity contribution is 0.0294. The van der Waals surface area contributed by atoms with Gasteiger partial charge >= 0.3 is 0 Å². The molecule has 4 rings (SSSR count). The molecular weight excluding hydrogens is 360 g/mol. The average molecular weight is 380 g/mol. The first-order chi connectivity index (χ1) is 13.7. The lowest BCUT2D eigenvalue weighted by Crippen LogP contribution is -2.41. The topological polar surface area (TPSA) is 85.2 Å². The van der Waals surface area contributed by atoms with Crippen molar-refractivity contribution in [1.29, 1.82) is 0 Å². The Kier molecular flexibility index (Phi) is 4.94. The Bertz CT molecular complexity index is 1020. The number of benzene rings is 1. The first kappa shape index (κ1) is 18.0. The monoisotopic (exact) mass is 380 g/mol. The van der Waals surface area contributed by atoms with Gasteiger partial charge in [0, 0.05) is 31.0 Å². The fourth-order valence-corrected chi connectivity index (χ4v) is 3.15. The summed E-state index contributed by atoms with van der Waals surface area (Å²) in [5.41, 5.74) is 1.35. The largest absolute Gasteiger partial charge is 0.497 e. The van der Waals surface area contributed by atoms with E-state index in [0.717, 1.165) is 0 Å². The summed E-state index contributed by atoms with van der Waals surface area (Å²) in [7, 11) is 1.56. The van der Waals surface area contributed by atoms with Crippen LogP contribution in [0, 0.1) is 0 Å². The number of amides is 2. The molecule has 3 aromatic rings. The van der Waals surface area contributed by atoms with E-state index in [4.69, 9.17) is 9.47 Å². The second kappa shape index (κ2) is 7.69. The molecule has 3 heterocycles. The molecule has 1 saturated heterocycles. The SMILES string of the molecule is COc1cccc(NC(=O)c2nc(C(=O)N3CCOCC3)n3ccccc23)c1. The standard InChI is InChI=1S/C20H20N4O4/c1-27-15-6-4-5-14(13-15)21-19(25)17-16-7-2-3-8-24(16)18(22-17)20(26)23-9-11-28-12-10-23/h2-8,13H,9-12H2,1H3,(H,21,25). The maximum Gasteiger partial charge on any atom is 0.290 e. The van der Waals surface area contributed by atoms with Crippen LogP contribution in [0.5, 0.6) is 5.75 Å². The van der Waals surface area contributed by atoms with Gasteiger partial charge in [-0.2, -0.15) is 0 Å². The zero-order chi connectivity index (χ0) is 19.5. The zero-order valence-electron chi connectivity index (χ0n) is 15.4. The fourth-order valence-electron chi connectivity index (χ4n) is 3.15. The molecule has 0 aliphatic carbocycles. The number of anilines is 1. The summed E-state index contributed by atoms with van der Waals surface area (Å²) in [6.07, 6.45) is 1.73. The Labute approximate surface area is 161 Å². The molecule has 8 heteroatoms. The summed E-state index contributed by atoms with van der Waals surface area (Å²) < 4.78 is 12.1. The number of aromatic nitrogens is 2. The number of hydrogen-bond donors (Lipinski definition) is 1. The highest BCUT2D eigenvalue weighted by Crippen LogP contribution is 2.20.